The standard InChI is InChI=1S/C21H23FN2O5/c1-27-21(26)18-14-16(24-9-12-28-13-10-24)4-7-19(18)23-20(25)8-11-29-17-5-2-15(22)3-6-17/h2-7,14H,8-13H2,1H3,(H,23,25). The molecule has 1 amide bonds. The molecule has 1 heterocycles. The fourth-order valence-corrected chi connectivity index (χ4v) is 2.94. The summed E-state index contributed by atoms with van der Waals surface area (Å²) in [7, 11) is 1.30. The number of methoxy groups -OCH3 is 1. The molecule has 0 aromatic heterocycles. The molecule has 0 radical (unpaired) electrons. The summed E-state index contributed by atoms with van der Waals surface area (Å²) in [6.07, 6.45) is 0.0726. The highest BCUT2D eigenvalue weighted by Crippen LogP contribution is 2.25. The lowest BCUT2D eigenvalue weighted by molar-refractivity contribution is -0.116. The topological polar surface area (TPSA) is 77.1 Å². The van der Waals surface area contributed by atoms with Gasteiger partial charge < -0.3 is 24.4 Å². The first-order valence-corrected chi connectivity index (χ1v) is 9.30. The summed E-state index contributed by atoms with van der Waals surface area (Å²) in [4.78, 5) is 26.6. The van der Waals surface area contributed by atoms with Crippen LogP contribution >= 0.6 is 0 Å². The van der Waals surface area contributed by atoms with Crippen LogP contribution in [0.2, 0.25) is 0 Å². The summed E-state index contributed by atoms with van der Waals surface area (Å²) in [6.45, 7) is 2.83. The zero-order valence-electron chi connectivity index (χ0n) is 16.2. The van der Waals surface area contributed by atoms with Crippen molar-refractivity contribution in [1.29, 1.82) is 0 Å². The van der Waals surface area contributed by atoms with Crippen molar-refractivity contribution in [2.45, 2.75) is 6.42 Å². The van der Waals surface area contributed by atoms with E-state index in [9.17, 15) is 14.0 Å². The number of halogens is 1. The average molecular weight is 402 g/mol. The molecule has 0 aliphatic carbocycles. The van der Waals surface area contributed by atoms with Gasteiger partial charge in [-0.05, 0) is 42.5 Å². The van der Waals surface area contributed by atoms with Crippen molar-refractivity contribution in [2.75, 3.05) is 50.2 Å². The van der Waals surface area contributed by atoms with Crippen molar-refractivity contribution < 1.29 is 28.2 Å². The number of benzene rings is 2. The van der Waals surface area contributed by atoms with Gasteiger partial charge in [0.15, 0.2) is 0 Å². The SMILES string of the molecule is COC(=O)c1cc(N2CCOCC2)ccc1NC(=O)CCOc1ccc(F)cc1. The lowest BCUT2D eigenvalue weighted by Gasteiger charge is -2.29. The molecule has 29 heavy (non-hydrogen) atoms. The van der Waals surface area contributed by atoms with E-state index in [1.807, 2.05) is 6.07 Å². The summed E-state index contributed by atoms with van der Waals surface area (Å²) >= 11 is 0. The van der Waals surface area contributed by atoms with E-state index in [1.165, 1.54) is 31.4 Å². The van der Waals surface area contributed by atoms with E-state index in [0.29, 0.717) is 24.7 Å². The van der Waals surface area contributed by atoms with Gasteiger partial charge in [0, 0.05) is 18.8 Å². The number of carbonyl (C=O) groups excluding carboxylic acids is 2. The van der Waals surface area contributed by atoms with Crippen LogP contribution in [0, 0.1) is 5.82 Å². The molecule has 2 aromatic rings. The van der Waals surface area contributed by atoms with Crippen molar-refractivity contribution in [2.24, 2.45) is 0 Å². The molecule has 8 heteroatoms. The highest BCUT2D eigenvalue weighted by Gasteiger charge is 2.18. The van der Waals surface area contributed by atoms with Crippen LogP contribution in [-0.4, -0.2) is 51.9 Å². The predicted octanol–water partition coefficient (Wildman–Crippen LogP) is 2.86. The Morgan fingerprint density at radius 1 is 1.14 bits per heavy atom. The van der Waals surface area contributed by atoms with Gasteiger partial charge in [-0.1, -0.05) is 0 Å². The quantitative estimate of drug-likeness (QED) is 0.718. The first-order chi connectivity index (χ1) is 14.1. The van der Waals surface area contributed by atoms with Crippen molar-refractivity contribution in [3.05, 3.63) is 53.8 Å². The molecule has 1 aliphatic heterocycles. The van der Waals surface area contributed by atoms with Crippen LogP contribution in [0.5, 0.6) is 5.75 Å². The molecule has 2 aromatic carbocycles. The van der Waals surface area contributed by atoms with E-state index in [0.717, 1.165) is 18.8 Å². The van der Waals surface area contributed by atoms with E-state index in [4.69, 9.17) is 14.2 Å². The maximum Gasteiger partial charge on any atom is 0.340 e. The van der Waals surface area contributed by atoms with Gasteiger partial charge in [0.1, 0.15) is 11.6 Å². The van der Waals surface area contributed by atoms with E-state index >= 15 is 0 Å². The zero-order valence-corrected chi connectivity index (χ0v) is 16.2. The second-order valence-corrected chi connectivity index (χ2v) is 6.42. The Hall–Kier alpha value is -3.13. The number of esters is 1. The Balaban J connectivity index is 1.62. The van der Waals surface area contributed by atoms with Crippen molar-refractivity contribution in [3.63, 3.8) is 0 Å². The number of anilines is 2. The number of carbonyl (C=O) groups is 2. The number of nitrogens with zero attached hydrogens (tertiary/aromatic N) is 1. The molecule has 1 saturated heterocycles. The number of rotatable bonds is 7. The molecule has 154 valence electrons. The monoisotopic (exact) mass is 402 g/mol. The van der Waals surface area contributed by atoms with E-state index in [2.05, 4.69) is 10.2 Å². The van der Waals surface area contributed by atoms with Crippen LogP contribution in [0.1, 0.15) is 16.8 Å². The molecule has 3 rings (SSSR count). The van der Waals surface area contributed by atoms with Gasteiger partial charge in [-0.15, -0.1) is 0 Å². The minimum atomic E-state index is -0.530. The Kier molecular flexibility index (Phi) is 7.02. The van der Waals surface area contributed by atoms with Crippen LogP contribution in [0.25, 0.3) is 0 Å². The van der Waals surface area contributed by atoms with Gasteiger partial charge in [0.05, 0.1) is 44.6 Å². The molecule has 1 N–H and O–H groups in total. The second-order valence-electron chi connectivity index (χ2n) is 6.42. The summed E-state index contributed by atoms with van der Waals surface area (Å²) in [5.74, 6) is -0.718. The van der Waals surface area contributed by atoms with Gasteiger partial charge in [0.25, 0.3) is 0 Å². The van der Waals surface area contributed by atoms with E-state index in [-0.39, 0.29) is 30.3 Å². The summed E-state index contributed by atoms with van der Waals surface area (Å²) < 4.78 is 28.5. The number of hydrogen-bond donors (Lipinski definition) is 1. The molecular formula is C21H23FN2O5. The molecule has 7 nitrogen and oxygen atoms in total. The van der Waals surface area contributed by atoms with Crippen LogP contribution in [0.3, 0.4) is 0 Å². The smallest absolute Gasteiger partial charge is 0.340 e. The third-order valence-electron chi connectivity index (χ3n) is 4.47. The number of morpholine rings is 1. The van der Waals surface area contributed by atoms with E-state index in [1.54, 1.807) is 12.1 Å². The van der Waals surface area contributed by atoms with Gasteiger partial charge >= 0.3 is 5.97 Å². The van der Waals surface area contributed by atoms with E-state index < -0.39 is 5.97 Å². The number of nitrogens with one attached hydrogen (secondary N) is 1. The molecule has 0 spiro atoms. The number of hydrogen-bond acceptors (Lipinski definition) is 6. The van der Waals surface area contributed by atoms with Crippen molar-refractivity contribution in [3.8, 4) is 5.75 Å². The van der Waals surface area contributed by atoms with Crippen molar-refractivity contribution in [1.82, 2.24) is 0 Å². The normalized spacial score (nSPS) is 13.7. The molecule has 0 atom stereocenters. The second kappa shape index (κ2) is 9.88. The Labute approximate surface area is 168 Å². The highest BCUT2D eigenvalue weighted by atomic mass is 19.1. The van der Waals surface area contributed by atoms with Gasteiger partial charge in [-0.3, -0.25) is 4.79 Å². The summed E-state index contributed by atoms with van der Waals surface area (Å²) in [6, 6.07) is 10.8. The Morgan fingerprint density at radius 3 is 2.55 bits per heavy atom. The van der Waals surface area contributed by atoms with Gasteiger partial charge in [-0.2, -0.15) is 0 Å². The lowest BCUT2D eigenvalue weighted by atomic mass is 10.1. The maximum atomic E-state index is 12.9. The summed E-state index contributed by atoms with van der Waals surface area (Å²) in [5.41, 5.74) is 1.52. The van der Waals surface area contributed by atoms with Gasteiger partial charge in [0.2, 0.25) is 5.91 Å². The molecule has 1 fully saturated rings. The zero-order chi connectivity index (χ0) is 20.6. The molecule has 0 saturated carbocycles. The Bertz CT molecular complexity index is 851. The molecule has 1 aliphatic rings. The van der Waals surface area contributed by atoms with Crippen molar-refractivity contribution >= 4 is 23.3 Å². The number of amides is 1. The average Bonchev–Trinajstić information content (AvgIpc) is 2.75. The Morgan fingerprint density at radius 2 is 1.86 bits per heavy atom. The third kappa shape index (κ3) is 5.68. The minimum Gasteiger partial charge on any atom is -0.493 e. The highest BCUT2D eigenvalue weighted by molar-refractivity contribution is 6.02. The molecule has 0 unspecified atom stereocenters. The first-order valence-electron chi connectivity index (χ1n) is 9.30. The summed E-state index contributed by atoms with van der Waals surface area (Å²) in [5, 5.41) is 2.73. The van der Waals surface area contributed by atoms with Crippen LogP contribution in [0.15, 0.2) is 42.5 Å². The van der Waals surface area contributed by atoms with Gasteiger partial charge in [-0.25, -0.2) is 9.18 Å². The largest absolute Gasteiger partial charge is 0.493 e. The fourth-order valence-electron chi connectivity index (χ4n) is 2.94. The first kappa shape index (κ1) is 20.6. The molecular weight excluding hydrogens is 379 g/mol. The lowest BCUT2D eigenvalue weighted by Crippen LogP contribution is -2.36. The number of ether oxygens (including phenoxy) is 3. The van der Waals surface area contributed by atoms with Crippen LogP contribution in [0.4, 0.5) is 15.8 Å². The third-order valence-corrected chi connectivity index (χ3v) is 4.47. The maximum absolute atomic E-state index is 12.9. The molecule has 0 bridgehead atoms. The minimum absolute atomic E-state index is 0.0726. The fraction of sp³-hybridized carbons (Fsp3) is 0.333. The van der Waals surface area contributed by atoms with Crippen LogP contribution < -0.4 is 15.0 Å². The predicted molar refractivity (Wildman–Crippen MR) is 106 cm³/mol. The van der Waals surface area contributed by atoms with Crippen LogP contribution in [-0.2, 0) is 14.3 Å².